The zero-order valence-corrected chi connectivity index (χ0v) is 27.5. The van der Waals surface area contributed by atoms with Gasteiger partial charge in [0.1, 0.15) is 13.2 Å². The third kappa shape index (κ3) is 24.7. The molecule has 0 heterocycles. The zero-order valence-electron chi connectivity index (χ0n) is 27.5. The van der Waals surface area contributed by atoms with Crippen LogP contribution in [0.5, 0.6) is 0 Å². The van der Waals surface area contributed by atoms with E-state index in [1.54, 1.807) is 0 Å². The number of carbonyl (C=O) groups excluding carboxylic acids is 4. The Hall–Kier alpha value is -2.72. The third-order valence-corrected chi connectivity index (χ3v) is 6.77. The molecule has 0 bridgehead atoms. The monoisotopic (exact) mass is 626 g/mol. The van der Waals surface area contributed by atoms with E-state index in [1.165, 1.54) is 32.8 Å². The Bertz CT molecular complexity index is 761. The molecule has 0 aromatic heterocycles. The van der Waals surface area contributed by atoms with Crippen LogP contribution in [-0.4, -0.2) is 75.7 Å². The fourth-order valence-electron chi connectivity index (χ4n) is 4.06. The maximum Gasteiger partial charge on any atom is 0.305 e. The molecule has 0 aliphatic rings. The van der Waals surface area contributed by atoms with Crippen molar-refractivity contribution in [1.82, 2.24) is 0 Å². The van der Waals surface area contributed by atoms with E-state index in [1.807, 2.05) is 12.2 Å². The Morgan fingerprint density at radius 2 is 0.932 bits per heavy atom. The lowest BCUT2D eigenvalue weighted by atomic mass is 9.92. The van der Waals surface area contributed by atoms with Gasteiger partial charge in [0.05, 0.1) is 31.8 Å². The smallest absolute Gasteiger partial charge is 0.305 e. The summed E-state index contributed by atoms with van der Waals surface area (Å²) in [5.74, 6) is -1.82. The average Bonchev–Trinajstić information content (AvgIpc) is 3.01. The number of hydrogen-bond donors (Lipinski definition) is 1. The van der Waals surface area contributed by atoms with Crippen molar-refractivity contribution in [1.29, 1.82) is 0 Å². The van der Waals surface area contributed by atoms with Crippen LogP contribution in [0.4, 0.5) is 0 Å². The van der Waals surface area contributed by atoms with Gasteiger partial charge in [0, 0.05) is 32.8 Å². The molecule has 254 valence electrons. The summed E-state index contributed by atoms with van der Waals surface area (Å²) in [7, 11) is 1.43. The maximum atomic E-state index is 12.2. The molecule has 0 saturated heterocycles. The molecule has 44 heavy (non-hydrogen) atoms. The summed E-state index contributed by atoms with van der Waals surface area (Å²) in [6.07, 6.45) is 19.5. The summed E-state index contributed by atoms with van der Waals surface area (Å²) in [4.78, 5) is 48.3. The van der Waals surface area contributed by atoms with E-state index in [9.17, 15) is 24.3 Å². The van der Waals surface area contributed by atoms with Crippen LogP contribution in [-0.2, 0) is 42.9 Å². The van der Waals surface area contributed by atoms with E-state index >= 15 is 0 Å². The number of methoxy groups -OCH3 is 1. The number of ether oxygens (including phenoxy) is 5. The van der Waals surface area contributed by atoms with Gasteiger partial charge in [0.25, 0.3) is 0 Å². The van der Waals surface area contributed by atoms with E-state index in [0.29, 0.717) is 26.1 Å². The van der Waals surface area contributed by atoms with Crippen molar-refractivity contribution in [3.8, 4) is 0 Å². The average molecular weight is 627 g/mol. The lowest BCUT2D eigenvalue weighted by molar-refractivity contribution is -0.160. The first-order chi connectivity index (χ1) is 21.3. The molecular formula is C34H58O10. The van der Waals surface area contributed by atoms with Crippen molar-refractivity contribution in [3.05, 3.63) is 24.3 Å². The van der Waals surface area contributed by atoms with Crippen LogP contribution in [0.3, 0.4) is 0 Å². The van der Waals surface area contributed by atoms with Gasteiger partial charge < -0.3 is 28.8 Å². The molecule has 0 aliphatic carbocycles. The van der Waals surface area contributed by atoms with Crippen molar-refractivity contribution in [2.45, 2.75) is 117 Å². The summed E-state index contributed by atoms with van der Waals surface area (Å²) in [6, 6.07) is 0. The van der Waals surface area contributed by atoms with Gasteiger partial charge in [0.2, 0.25) is 0 Å². The first-order valence-electron chi connectivity index (χ1n) is 16.3. The Morgan fingerprint density at radius 3 is 1.30 bits per heavy atom. The van der Waals surface area contributed by atoms with Crippen molar-refractivity contribution in [2.75, 3.05) is 46.8 Å². The number of hydrogen-bond acceptors (Lipinski definition) is 10. The van der Waals surface area contributed by atoms with Crippen LogP contribution < -0.4 is 0 Å². The first kappa shape index (κ1) is 41.3. The van der Waals surface area contributed by atoms with Gasteiger partial charge in [-0.3, -0.25) is 19.2 Å². The van der Waals surface area contributed by atoms with Crippen molar-refractivity contribution in [3.63, 3.8) is 0 Å². The summed E-state index contributed by atoms with van der Waals surface area (Å²) in [5, 5.41) is 9.99. The second-order valence-electron chi connectivity index (χ2n) is 11.1. The molecule has 0 aromatic rings. The minimum Gasteiger partial charge on any atom is -0.465 e. The summed E-state index contributed by atoms with van der Waals surface area (Å²) >= 11 is 0. The first-order valence-corrected chi connectivity index (χ1v) is 16.3. The van der Waals surface area contributed by atoms with Gasteiger partial charge in [-0.05, 0) is 51.4 Å². The predicted molar refractivity (Wildman–Crippen MR) is 169 cm³/mol. The molecule has 0 spiro atoms. The summed E-state index contributed by atoms with van der Waals surface area (Å²) in [5.41, 5.74) is -1.13. The number of unbranched alkanes of at least 4 members (excludes halogenated alkanes) is 6. The van der Waals surface area contributed by atoms with Crippen molar-refractivity contribution < 1.29 is 48.0 Å². The number of aliphatic hydroxyl groups excluding tert-OH is 1. The number of rotatable bonds is 29. The minimum atomic E-state index is -1.13. The highest BCUT2D eigenvalue weighted by atomic mass is 16.6. The normalized spacial score (nSPS) is 11.6. The number of carbonyl (C=O) groups is 4. The molecule has 0 radical (unpaired) electrons. The number of aliphatic hydroxyl groups is 1. The Labute approximate surface area is 264 Å². The number of esters is 4. The van der Waals surface area contributed by atoms with Crippen LogP contribution in [0.1, 0.15) is 117 Å². The zero-order chi connectivity index (χ0) is 32.7. The van der Waals surface area contributed by atoms with Crippen LogP contribution in [0.2, 0.25) is 0 Å². The topological polar surface area (TPSA) is 135 Å². The second kappa shape index (κ2) is 29.0. The van der Waals surface area contributed by atoms with Gasteiger partial charge in [0.15, 0.2) is 0 Å². The minimum absolute atomic E-state index is 0.00601. The molecule has 0 rings (SSSR count). The van der Waals surface area contributed by atoms with Gasteiger partial charge in [-0.25, -0.2) is 0 Å². The molecule has 1 N–H and O–H groups in total. The van der Waals surface area contributed by atoms with Crippen LogP contribution in [0, 0.1) is 5.41 Å². The van der Waals surface area contributed by atoms with E-state index in [-0.39, 0.29) is 70.3 Å². The second-order valence-corrected chi connectivity index (χ2v) is 11.1. The molecule has 0 aromatic carbocycles. The van der Waals surface area contributed by atoms with Crippen LogP contribution in [0.25, 0.3) is 0 Å². The SMILES string of the molecule is CCCCC/C=C\CCOC(=O)CCCC(=O)OCC(CO)(COC)COC(=O)CCCC(=O)OCC/C=C\CCCCC. The lowest BCUT2D eigenvalue weighted by Crippen LogP contribution is -2.41. The number of allylic oxidation sites excluding steroid dienone is 2. The highest BCUT2D eigenvalue weighted by molar-refractivity contribution is 5.73. The molecule has 0 unspecified atom stereocenters. The summed E-state index contributed by atoms with van der Waals surface area (Å²) in [6.45, 7) is 4.04. The molecule has 0 atom stereocenters. The lowest BCUT2D eigenvalue weighted by Gasteiger charge is -2.29. The molecule has 0 saturated carbocycles. The molecule has 10 nitrogen and oxygen atoms in total. The predicted octanol–water partition coefficient (Wildman–Crippen LogP) is 6.18. The van der Waals surface area contributed by atoms with E-state index in [0.717, 1.165) is 25.7 Å². The Kier molecular flexibility index (Phi) is 27.2. The van der Waals surface area contributed by atoms with E-state index < -0.39 is 24.0 Å². The largest absolute Gasteiger partial charge is 0.465 e. The van der Waals surface area contributed by atoms with Gasteiger partial charge in [-0.15, -0.1) is 0 Å². The van der Waals surface area contributed by atoms with Gasteiger partial charge >= 0.3 is 23.9 Å². The van der Waals surface area contributed by atoms with Crippen molar-refractivity contribution >= 4 is 23.9 Å². The van der Waals surface area contributed by atoms with Crippen LogP contribution >= 0.6 is 0 Å². The molecule has 0 amide bonds. The molecule has 0 fully saturated rings. The quantitative estimate of drug-likeness (QED) is 0.0444. The Morgan fingerprint density at radius 1 is 0.545 bits per heavy atom. The highest BCUT2D eigenvalue weighted by Crippen LogP contribution is 2.20. The molecule has 10 heteroatoms. The Balaban J connectivity index is 4.21. The molecule has 0 aliphatic heterocycles. The maximum absolute atomic E-state index is 12.2. The van der Waals surface area contributed by atoms with Crippen LogP contribution in [0.15, 0.2) is 24.3 Å². The third-order valence-electron chi connectivity index (χ3n) is 6.77. The van der Waals surface area contributed by atoms with E-state index in [4.69, 9.17) is 23.7 Å². The fourth-order valence-corrected chi connectivity index (χ4v) is 4.06. The fraction of sp³-hybridized carbons (Fsp3) is 0.765. The van der Waals surface area contributed by atoms with Gasteiger partial charge in [-0.1, -0.05) is 63.8 Å². The molecular weight excluding hydrogens is 568 g/mol. The highest BCUT2D eigenvalue weighted by Gasteiger charge is 2.33. The standard InChI is InChI=1S/C34H58O10/c1-4-6-8-10-12-14-16-24-41-30(36)20-18-22-32(38)43-28-34(26-35,27-40-3)29-44-33(39)23-19-21-31(37)42-25-17-15-13-11-9-7-5-2/h12-15,35H,4-11,16-29H2,1-3H3/b14-12-,15-13-. The van der Waals surface area contributed by atoms with E-state index in [2.05, 4.69) is 26.0 Å². The van der Waals surface area contributed by atoms with Gasteiger partial charge in [-0.2, -0.15) is 0 Å². The summed E-state index contributed by atoms with van der Waals surface area (Å²) < 4.78 is 26.2. The van der Waals surface area contributed by atoms with Crippen molar-refractivity contribution in [2.24, 2.45) is 5.41 Å².